The van der Waals surface area contributed by atoms with Gasteiger partial charge in [-0.25, -0.2) is 4.79 Å². The molecule has 0 aromatic rings. The Balaban J connectivity index is 2.00. The van der Waals surface area contributed by atoms with E-state index in [-0.39, 0.29) is 23.8 Å². The van der Waals surface area contributed by atoms with Crippen molar-refractivity contribution >= 4 is 17.8 Å². The lowest BCUT2D eigenvalue weighted by Gasteiger charge is -2.33. The van der Waals surface area contributed by atoms with Crippen LogP contribution in [0.2, 0.25) is 0 Å². The van der Waals surface area contributed by atoms with Gasteiger partial charge in [0.1, 0.15) is 0 Å². The van der Waals surface area contributed by atoms with E-state index in [9.17, 15) is 14.4 Å². The summed E-state index contributed by atoms with van der Waals surface area (Å²) in [7, 11) is 0. The van der Waals surface area contributed by atoms with Crippen molar-refractivity contribution in [2.75, 3.05) is 6.79 Å². The predicted octanol–water partition coefficient (Wildman–Crippen LogP) is 0.948. The zero-order valence-electron chi connectivity index (χ0n) is 12.5. The minimum absolute atomic E-state index is 0.0329. The van der Waals surface area contributed by atoms with E-state index < -0.39 is 30.4 Å². The molecule has 1 atom stereocenters. The molecule has 1 fully saturated rings. The van der Waals surface area contributed by atoms with Crippen molar-refractivity contribution in [3.8, 4) is 0 Å². The highest BCUT2D eigenvalue weighted by Crippen LogP contribution is 2.36. The molecule has 2 aliphatic heterocycles. The topological polar surface area (TPSA) is 102 Å². The first-order chi connectivity index (χ1) is 10.3. The number of ether oxygens (including phenoxy) is 3. The number of esters is 2. The molecule has 0 spiro atoms. The largest absolute Gasteiger partial charge is 0.515 e. The lowest BCUT2D eigenvalue weighted by molar-refractivity contribution is -0.174. The van der Waals surface area contributed by atoms with Gasteiger partial charge in [-0.15, -0.1) is 0 Å². The van der Waals surface area contributed by atoms with Gasteiger partial charge in [-0.3, -0.25) is 14.5 Å². The molecule has 8 heteroatoms. The van der Waals surface area contributed by atoms with Gasteiger partial charge < -0.3 is 19.3 Å². The molecular weight excluding hydrogens is 294 g/mol. The summed E-state index contributed by atoms with van der Waals surface area (Å²) in [6.45, 7) is 4.43. The summed E-state index contributed by atoms with van der Waals surface area (Å²) in [6.07, 6.45) is 1.43. The van der Waals surface area contributed by atoms with Crippen molar-refractivity contribution in [1.29, 1.82) is 0 Å². The first-order valence-electron chi connectivity index (χ1n) is 6.64. The Labute approximate surface area is 126 Å². The standard InChI is InChI=1S/C14H17NO7/c1-14(2,3)13(19)21-7-20-12(18)11-8(4-5-16)22-10-6-9(17)15(10)11/h4-5,10,16H,6-7H2,1-3H3. The maximum Gasteiger partial charge on any atom is 0.361 e. The van der Waals surface area contributed by atoms with Crippen molar-refractivity contribution in [3.05, 3.63) is 23.8 Å². The molecule has 22 heavy (non-hydrogen) atoms. The predicted molar refractivity (Wildman–Crippen MR) is 71.6 cm³/mol. The van der Waals surface area contributed by atoms with Crippen molar-refractivity contribution in [1.82, 2.24) is 4.90 Å². The maximum absolute atomic E-state index is 12.0. The van der Waals surface area contributed by atoms with E-state index in [1.54, 1.807) is 20.8 Å². The molecule has 0 bridgehead atoms. The number of nitrogens with zero attached hydrogens (tertiary/aromatic N) is 1. The number of aliphatic hydroxyl groups excluding tert-OH is 1. The molecule has 1 saturated heterocycles. The summed E-state index contributed by atoms with van der Waals surface area (Å²) in [5, 5.41) is 8.80. The molecule has 120 valence electrons. The van der Waals surface area contributed by atoms with Crippen LogP contribution in [0.4, 0.5) is 0 Å². The third-order valence-corrected chi connectivity index (χ3v) is 3.05. The zero-order chi connectivity index (χ0) is 16.5. The van der Waals surface area contributed by atoms with Gasteiger partial charge in [0.25, 0.3) is 0 Å². The SMILES string of the molecule is CC(C)(C)C(=O)OCOC(=O)C1=C(C=CO)OC2CC(=O)N12. The Morgan fingerprint density at radius 1 is 1.41 bits per heavy atom. The van der Waals surface area contributed by atoms with Crippen LogP contribution in [-0.2, 0) is 28.6 Å². The van der Waals surface area contributed by atoms with Gasteiger partial charge in [0, 0.05) is 6.08 Å². The summed E-state index contributed by atoms with van der Waals surface area (Å²) in [5.74, 6) is -1.65. The van der Waals surface area contributed by atoms with Crippen LogP contribution in [0.25, 0.3) is 0 Å². The lowest BCUT2D eigenvalue weighted by Crippen LogP contribution is -2.50. The number of carbonyl (C=O) groups excluding carboxylic acids is 3. The zero-order valence-corrected chi connectivity index (χ0v) is 12.5. The van der Waals surface area contributed by atoms with E-state index in [4.69, 9.17) is 19.3 Å². The fraction of sp³-hybridized carbons (Fsp3) is 0.500. The van der Waals surface area contributed by atoms with Crippen molar-refractivity contribution in [3.63, 3.8) is 0 Å². The van der Waals surface area contributed by atoms with Gasteiger partial charge >= 0.3 is 11.9 Å². The van der Waals surface area contributed by atoms with Crippen molar-refractivity contribution in [2.24, 2.45) is 5.41 Å². The number of hydrogen-bond acceptors (Lipinski definition) is 7. The van der Waals surface area contributed by atoms with Crippen LogP contribution >= 0.6 is 0 Å². The fourth-order valence-corrected chi connectivity index (χ4v) is 1.88. The van der Waals surface area contributed by atoms with Crippen LogP contribution in [0.3, 0.4) is 0 Å². The van der Waals surface area contributed by atoms with E-state index in [2.05, 4.69) is 0 Å². The van der Waals surface area contributed by atoms with Crippen LogP contribution in [0, 0.1) is 5.41 Å². The smallest absolute Gasteiger partial charge is 0.361 e. The highest BCUT2D eigenvalue weighted by atomic mass is 16.7. The molecule has 0 aliphatic carbocycles. The number of aliphatic hydroxyl groups is 1. The molecule has 2 aliphatic rings. The fourth-order valence-electron chi connectivity index (χ4n) is 1.88. The van der Waals surface area contributed by atoms with Crippen LogP contribution in [0.1, 0.15) is 27.2 Å². The second-order valence-electron chi connectivity index (χ2n) is 5.80. The minimum atomic E-state index is -0.870. The minimum Gasteiger partial charge on any atom is -0.515 e. The summed E-state index contributed by atoms with van der Waals surface area (Å²) >= 11 is 0. The number of carbonyl (C=O) groups is 3. The van der Waals surface area contributed by atoms with Crippen LogP contribution in [0.5, 0.6) is 0 Å². The molecule has 2 rings (SSSR count). The van der Waals surface area contributed by atoms with Crippen molar-refractivity contribution < 1.29 is 33.7 Å². The average Bonchev–Trinajstić information content (AvgIpc) is 2.70. The Morgan fingerprint density at radius 3 is 2.64 bits per heavy atom. The van der Waals surface area contributed by atoms with Crippen LogP contribution in [-0.4, -0.2) is 40.9 Å². The second-order valence-corrected chi connectivity index (χ2v) is 5.80. The average molecular weight is 311 g/mol. The highest BCUT2D eigenvalue weighted by Gasteiger charge is 2.49. The molecule has 0 aromatic carbocycles. The third-order valence-electron chi connectivity index (χ3n) is 3.05. The number of β-lactam (4-membered cyclic amide) rings is 1. The van der Waals surface area contributed by atoms with E-state index in [0.29, 0.717) is 6.26 Å². The van der Waals surface area contributed by atoms with E-state index in [0.717, 1.165) is 11.0 Å². The number of hydrogen-bond donors (Lipinski definition) is 1. The maximum atomic E-state index is 12.0. The van der Waals surface area contributed by atoms with Gasteiger partial charge in [0.05, 0.1) is 18.1 Å². The molecular formula is C14H17NO7. The first kappa shape index (κ1) is 15.9. The van der Waals surface area contributed by atoms with Crippen LogP contribution < -0.4 is 0 Å². The van der Waals surface area contributed by atoms with Crippen molar-refractivity contribution in [2.45, 2.75) is 33.4 Å². The molecule has 8 nitrogen and oxygen atoms in total. The number of allylic oxidation sites excluding steroid dienone is 1. The lowest BCUT2D eigenvalue weighted by atomic mass is 9.98. The van der Waals surface area contributed by atoms with E-state index in [1.165, 1.54) is 0 Å². The molecule has 1 unspecified atom stereocenters. The van der Waals surface area contributed by atoms with E-state index >= 15 is 0 Å². The molecule has 0 radical (unpaired) electrons. The number of amides is 1. The Hall–Kier alpha value is -2.51. The Bertz CT molecular complexity index is 570. The van der Waals surface area contributed by atoms with Gasteiger partial charge in [-0.05, 0) is 20.8 Å². The Morgan fingerprint density at radius 2 is 2.09 bits per heavy atom. The summed E-state index contributed by atoms with van der Waals surface area (Å²) in [6, 6.07) is 0. The quantitative estimate of drug-likeness (QED) is 0.357. The third kappa shape index (κ3) is 2.90. The first-order valence-corrected chi connectivity index (χ1v) is 6.64. The second kappa shape index (κ2) is 5.70. The number of fused-ring (bicyclic) bond motifs is 1. The molecule has 1 amide bonds. The highest BCUT2D eigenvalue weighted by molar-refractivity contribution is 5.98. The van der Waals surface area contributed by atoms with Gasteiger partial charge in [-0.2, -0.15) is 0 Å². The van der Waals surface area contributed by atoms with Gasteiger partial charge in [0.15, 0.2) is 17.7 Å². The normalized spacial score (nSPS) is 20.6. The molecule has 2 heterocycles. The monoisotopic (exact) mass is 311 g/mol. The van der Waals surface area contributed by atoms with Gasteiger partial charge in [-0.1, -0.05) is 0 Å². The molecule has 1 N–H and O–H groups in total. The Kier molecular flexibility index (Phi) is 4.11. The number of rotatable bonds is 4. The summed E-state index contributed by atoms with van der Waals surface area (Å²) in [4.78, 5) is 36.3. The van der Waals surface area contributed by atoms with Gasteiger partial charge in [0.2, 0.25) is 12.7 Å². The molecule has 0 aromatic heterocycles. The van der Waals surface area contributed by atoms with E-state index in [1.807, 2.05) is 0 Å². The summed E-state index contributed by atoms with van der Waals surface area (Å²) < 4.78 is 15.0. The van der Waals surface area contributed by atoms with Crippen LogP contribution in [0.15, 0.2) is 23.8 Å². The summed E-state index contributed by atoms with van der Waals surface area (Å²) in [5.41, 5.74) is -0.829. The molecule has 0 saturated carbocycles.